The van der Waals surface area contributed by atoms with Gasteiger partial charge in [0.1, 0.15) is 5.69 Å². The number of ether oxygens (including phenoxy) is 1. The molecule has 0 aliphatic heterocycles. The molecule has 1 N–H and O–H groups in total. The molecule has 2 rings (SSSR count). The Hall–Kier alpha value is -2.21. The number of nitro benzene ring substituents is 1. The molecule has 6 heteroatoms. The number of anilines is 1. The van der Waals surface area contributed by atoms with Gasteiger partial charge in [0, 0.05) is 19.3 Å². The summed E-state index contributed by atoms with van der Waals surface area (Å²) in [4.78, 5) is 15.0. The number of nitrogens with zero attached hydrogens (tertiary/aromatic N) is 2. The van der Waals surface area contributed by atoms with Crippen LogP contribution in [0.25, 0.3) is 10.9 Å². The second-order valence-electron chi connectivity index (χ2n) is 4.29. The summed E-state index contributed by atoms with van der Waals surface area (Å²) in [5, 5.41) is 14.9. The fourth-order valence-electron chi connectivity index (χ4n) is 2.01. The van der Waals surface area contributed by atoms with E-state index >= 15 is 0 Å². The standard InChI is InChI=1S/C13H15N3O3/c1-9(8-19-2)15-12-6-5-11-10(4-3-7-14-11)13(12)16(17)18/h3-7,9,15H,8H2,1-2H3. The van der Waals surface area contributed by atoms with Gasteiger partial charge >= 0.3 is 5.69 Å². The Kier molecular flexibility index (Phi) is 3.91. The van der Waals surface area contributed by atoms with Crippen LogP contribution in [0.1, 0.15) is 6.92 Å². The normalized spacial score (nSPS) is 12.3. The molecule has 1 heterocycles. The van der Waals surface area contributed by atoms with E-state index in [0.29, 0.717) is 23.2 Å². The summed E-state index contributed by atoms with van der Waals surface area (Å²) in [5.41, 5.74) is 1.14. The zero-order valence-electron chi connectivity index (χ0n) is 10.8. The first-order valence-corrected chi connectivity index (χ1v) is 5.91. The average molecular weight is 261 g/mol. The van der Waals surface area contributed by atoms with Crippen molar-refractivity contribution in [3.8, 4) is 0 Å². The number of fused-ring (bicyclic) bond motifs is 1. The van der Waals surface area contributed by atoms with E-state index in [2.05, 4.69) is 10.3 Å². The van der Waals surface area contributed by atoms with Gasteiger partial charge in [-0.05, 0) is 31.2 Å². The van der Waals surface area contributed by atoms with Crippen LogP contribution < -0.4 is 5.32 Å². The molecule has 0 aliphatic carbocycles. The lowest BCUT2D eigenvalue weighted by molar-refractivity contribution is -0.382. The molecule has 0 spiro atoms. The molecule has 100 valence electrons. The zero-order chi connectivity index (χ0) is 13.8. The van der Waals surface area contributed by atoms with Gasteiger partial charge in [-0.2, -0.15) is 0 Å². The summed E-state index contributed by atoms with van der Waals surface area (Å²) >= 11 is 0. The summed E-state index contributed by atoms with van der Waals surface area (Å²) < 4.78 is 5.02. The van der Waals surface area contributed by atoms with Crippen molar-refractivity contribution in [2.45, 2.75) is 13.0 Å². The highest BCUT2D eigenvalue weighted by Crippen LogP contribution is 2.32. The molecule has 1 atom stereocenters. The van der Waals surface area contributed by atoms with Crippen molar-refractivity contribution in [1.29, 1.82) is 0 Å². The summed E-state index contributed by atoms with van der Waals surface area (Å²) in [5.74, 6) is 0. The Balaban J connectivity index is 2.49. The average Bonchev–Trinajstić information content (AvgIpc) is 2.38. The molecule has 2 aromatic rings. The van der Waals surface area contributed by atoms with Crippen molar-refractivity contribution in [1.82, 2.24) is 4.98 Å². The zero-order valence-corrected chi connectivity index (χ0v) is 10.8. The van der Waals surface area contributed by atoms with E-state index in [9.17, 15) is 10.1 Å². The first-order valence-electron chi connectivity index (χ1n) is 5.91. The number of pyridine rings is 1. The van der Waals surface area contributed by atoms with Crippen LogP contribution in [0.5, 0.6) is 0 Å². The Morgan fingerprint density at radius 1 is 1.47 bits per heavy atom. The SMILES string of the molecule is COCC(C)Nc1ccc2ncccc2c1[N+](=O)[O-]. The van der Waals surface area contributed by atoms with E-state index in [1.54, 1.807) is 37.6 Å². The van der Waals surface area contributed by atoms with Gasteiger partial charge in [0.2, 0.25) is 0 Å². The fraction of sp³-hybridized carbons (Fsp3) is 0.308. The van der Waals surface area contributed by atoms with E-state index in [4.69, 9.17) is 4.74 Å². The number of nitro groups is 1. The quantitative estimate of drug-likeness (QED) is 0.661. The van der Waals surface area contributed by atoms with E-state index in [1.165, 1.54) is 0 Å². The molecule has 1 aromatic carbocycles. The maximum absolute atomic E-state index is 11.3. The largest absolute Gasteiger partial charge is 0.383 e. The maximum Gasteiger partial charge on any atom is 0.301 e. The van der Waals surface area contributed by atoms with Gasteiger partial charge in [0.15, 0.2) is 0 Å². The number of rotatable bonds is 5. The third kappa shape index (κ3) is 2.79. The maximum atomic E-state index is 11.3. The lowest BCUT2D eigenvalue weighted by Gasteiger charge is -2.14. The predicted octanol–water partition coefficient (Wildman–Crippen LogP) is 2.59. The first kappa shape index (κ1) is 13.2. The summed E-state index contributed by atoms with van der Waals surface area (Å²) in [6.07, 6.45) is 1.62. The molecule has 0 bridgehead atoms. The Bertz CT molecular complexity index is 601. The number of benzene rings is 1. The minimum absolute atomic E-state index is 0.0159. The van der Waals surface area contributed by atoms with Crippen molar-refractivity contribution < 1.29 is 9.66 Å². The van der Waals surface area contributed by atoms with Gasteiger partial charge in [-0.15, -0.1) is 0 Å². The number of hydrogen-bond donors (Lipinski definition) is 1. The van der Waals surface area contributed by atoms with Crippen LogP contribution in [-0.4, -0.2) is 29.7 Å². The van der Waals surface area contributed by atoms with Crippen LogP contribution in [0, 0.1) is 10.1 Å². The lowest BCUT2D eigenvalue weighted by Crippen LogP contribution is -2.21. The van der Waals surface area contributed by atoms with Crippen molar-refractivity contribution >= 4 is 22.3 Å². The van der Waals surface area contributed by atoms with Crippen LogP contribution in [0.15, 0.2) is 30.5 Å². The van der Waals surface area contributed by atoms with Crippen molar-refractivity contribution in [2.24, 2.45) is 0 Å². The van der Waals surface area contributed by atoms with Gasteiger partial charge in [0.25, 0.3) is 0 Å². The van der Waals surface area contributed by atoms with E-state index in [-0.39, 0.29) is 16.7 Å². The van der Waals surface area contributed by atoms with Crippen molar-refractivity contribution in [2.75, 3.05) is 19.0 Å². The molecule has 0 aliphatic rings. The predicted molar refractivity (Wildman–Crippen MR) is 73.4 cm³/mol. The molecule has 6 nitrogen and oxygen atoms in total. The third-order valence-corrected chi connectivity index (χ3v) is 2.76. The molecule has 1 unspecified atom stereocenters. The van der Waals surface area contributed by atoms with Gasteiger partial charge in [0.05, 0.1) is 22.4 Å². The molecule has 0 amide bonds. The minimum atomic E-state index is -0.383. The summed E-state index contributed by atoms with van der Waals surface area (Å²) in [6, 6.07) is 6.83. The third-order valence-electron chi connectivity index (χ3n) is 2.76. The van der Waals surface area contributed by atoms with E-state index < -0.39 is 0 Å². The number of aromatic nitrogens is 1. The molecule has 0 fully saturated rings. The van der Waals surface area contributed by atoms with Gasteiger partial charge in [-0.3, -0.25) is 15.1 Å². The highest BCUT2D eigenvalue weighted by Gasteiger charge is 2.19. The van der Waals surface area contributed by atoms with Crippen molar-refractivity contribution in [3.63, 3.8) is 0 Å². The Morgan fingerprint density at radius 3 is 2.95 bits per heavy atom. The van der Waals surface area contributed by atoms with Crippen LogP contribution in [0.4, 0.5) is 11.4 Å². The number of nitrogens with one attached hydrogen (secondary N) is 1. The summed E-state index contributed by atoms with van der Waals surface area (Å²) in [6.45, 7) is 2.38. The topological polar surface area (TPSA) is 77.3 Å². The van der Waals surface area contributed by atoms with Crippen molar-refractivity contribution in [3.05, 3.63) is 40.6 Å². The molecule has 0 radical (unpaired) electrons. The highest BCUT2D eigenvalue weighted by molar-refractivity contribution is 5.94. The fourth-order valence-corrected chi connectivity index (χ4v) is 2.01. The molecule has 19 heavy (non-hydrogen) atoms. The second kappa shape index (κ2) is 5.62. The smallest absolute Gasteiger partial charge is 0.301 e. The molecular formula is C13H15N3O3. The van der Waals surface area contributed by atoms with Crippen LogP contribution in [0.3, 0.4) is 0 Å². The van der Waals surface area contributed by atoms with Crippen LogP contribution >= 0.6 is 0 Å². The van der Waals surface area contributed by atoms with Crippen LogP contribution in [-0.2, 0) is 4.74 Å². The number of hydrogen-bond acceptors (Lipinski definition) is 5. The Morgan fingerprint density at radius 2 is 2.26 bits per heavy atom. The number of methoxy groups -OCH3 is 1. The Labute approximate surface area is 110 Å². The van der Waals surface area contributed by atoms with E-state index in [0.717, 1.165) is 0 Å². The minimum Gasteiger partial charge on any atom is -0.383 e. The first-order chi connectivity index (χ1) is 9.13. The summed E-state index contributed by atoms with van der Waals surface area (Å²) in [7, 11) is 1.59. The second-order valence-corrected chi connectivity index (χ2v) is 4.29. The molecular weight excluding hydrogens is 246 g/mol. The molecule has 1 aromatic heterocycles. The highest BCUT2D eigenvalue weighted by atomic mass is 16.6. The van der Waals surface area contributed by atoms with Crippen LogP contribution in [0.2, 0.25) is 0 Å². The van der Waals surface area contributed by atoms with Gasteiger partial charge in [-0.1, -0.05) is 0 Å². The van der Waals surface area contributed by atoms with Gasteiger partial charge in [-0.25, -0.2) is 0 Å². The molecule has 0 saturated heterocycles. The van der Waals surface area contributed by atoms with E-state index in [1.807, 2.05) is 6.92 Å². The van der Waals surface area contributed by atoms with Gasteiger partial charge < -0.3 is 10.1 Å². The molecule has 0 saturated carbocycles. The lowest BCUT2D eigenvalue weighted by atomic mass is 10.1. The monoisotopic (exact) mass is 261 g/mol.